The quantitative estimate of drug-likeness (QED) is 0.117. The van der Waals surface area contributed by atoms with Crippen molar-refractivity contribution in [2.45, 2.75) is 97.2 Å². The second-order valence-electron chi connectivity index (χ2n) is 13.0. The highest BCUT2D eigenvalue weighted by Gasteiger charge is 2.36. The predicted molar refractivity (Wildman–Crippen MR) is 187 cm³/mol. The Morgan fingerprint density at radius 3 is 2.12 bits per heavy atom. The van der Waals surface area contributed by atoms with Crippen LogP contribution < -0.4 is 15.4 Å². The van der Waals surface area contributed by atoms with Crippen molar-refractivity contribution in [2.24, 2.45) is 0 Å². The van der Waals surface area contributed by atoms with Crippen LogP contribution in [0, 0.1) is 6.92 Å². The Morgan fingerprint density at radius 2 is 1.52 bits per heavy atom. The highest BCUT2D eigenvalue weighted by molar-refractivity contribution is 5.99. The number of hydrogen-bond acceptors (Lipinski definition) is 7. The average molecular weight is 662 g/mol. The molecule has 0 aliphatic carbocycles. The molecule has 3 rings (SSSR count). The molecule has 0 aliphatic heterocycles. The van der Waals surface area contributed by atoms with E-state index in [2.05, 4.69) is 17.6 Å². The van der Waals surface area contributed by atoms with E-state index in [1.165, 1.54) is 23.1 Å². The van der Waals surface area contributed by atoms with E-state index in [1.54, 1.807) is 83.3 Å². The van der Waals surface area contributed by atoms with Gasteiger partial charge in [-0.05, 0) is 99.3 Å². The minimum atomic E-state index is -1.10. The fourth-order valence-corrected chi connectivity index (χ4v) is 5.35. The van der Waals surface area contributed by atoms with Crippen molar-refractivity contribution < 1.29 is 34.1 Å². The third-order valence-electron chi connectivity index (χ3n) is 7.86. The number of carbonyl (C=O) groups excluding carboxylic acids is 3. The van der Waals surface area contributed by atoms with Crippen LogP contribution in [-0.2, 0) is 20.7 Å². The van der Waals surface area contributed by atoms with Crippen molar-refractivity contribution in [2.75, 3.05) is 19.0 Å². The Kier molecular flexibility index (Phi) is 14.1. The molecule has 0 aromatic heterocycles. The van der Waals surface area contributed by atoms with Gasteiger partial charge in [0.05, 0.1) is 7.11 Å². The zero-order valence-corrected chi connectivity index (χ0v) is 29.0. The number of nitrogens with one attached hydrogen (secondary N) is 2. The molecule has 0 bridgehead atoms. The second-order valence-corrected chi connectivity index (χ2v) is 13.0. The maximum Gasteiger partial charge on any atom is 0.408 e. The van der Waals surface area contributed by atoms with Gasteiger partial charge in [0.1, 0.15) is 34.9 Å². The SMILES string of the molecule is CCCCCCCCN(C(=O)C(Cc1ccc(O)cc1)NC(=O)OC(C)(C)C)C(C(=O)Nc1ccc(OC)cc1)c1ccc(O)c(C)c1. The van der Waals surface area contributed by atoms with Crippen molar-refractivity contribution in [3.63, 3.8) is 0 Å². The van der Waals surface area contributed by atoms with Gasteiger partial charge in [-0.25, -0.2) is 4.79 Å². The molecule has 0 radical (unpaired) electrons. The number of phenolic OH excluding ortho intramolecular Hbond substituents is 2. The van der Waals surface area contributed by atoms with Crippen molar-refractivity contribution in [1.29, 1.82) is 0 Å². The fraction of sp³-hybridized carbons (Fsp3) is 0.447. The minimum Gasteiger partial charge on any atom is -0.508 e. The van der Waals surface area contributed by atoms with E-state index in [1.807, 2.05) is 0 Å². The average Bonchev–Trinajstić information content (AvgIpc) is 3.03. The van der Waals surface area contributed by atoms with E-state index in [0.29, 0.717) is 34.5 Å². The van der Waals surface area contributed by atoms with Gasteiger partial charge in [-0.3, -0.25) is 9.59 Å². The van der Waals surface area contributed by atoms with Crippen molar-refractivity contribution in [1.82, 2.24) is 10.2 Å². The molecule has 3 aromatic rings. The molecule has 0 heterocycles. The molecule has 10 heteroatoms. The van der Waals surface area contributed by atoms with Crippen molar-refractivity contribution in [3.05, 3.63) is 83.4 Å². The number of hydrogen-bond donors (Lipinski definition) is 4. The molecule has 3 aromatic carbocycles. The van der Waals surface area contributed by atoms with Crippen molar-refractivity contribution >= 4 is 23.6 Å². The van der Waals surface area contributed by atoms with Crippen LogP contribution >= 0.6 is 0 Å². The molecule has 0 fully saturated rings. The van der Waals surface area contributed by atoms with Gasteiger partial charge in [-0.1, -0.05) is 57.2 Å². The first-order chi connectivity index (χ1) is 22.8. The predicted octanol–water partition coefficient (Wildman–Crippen LogP) is 7.42. The molecular weight excluding hydrogens is 610 g/mol. The third kappa shape index (κ3) is 11.8. The number of anilines is 1. The van der Waals surface area contributed by atoms with Gasteiger partial charge in [0.25, 0.3) is 5.91 Å². The zero-order chi connectivity index (χ0) is 35.3. The standard InChI is InChI=1S/C38H51N3O7/c1-7-8-9-10-11-12-23-41(36(45)32(40-37(46)48-38(3,4)5)25-27-13-18-30(42)19-14-27)34(28-15-22-33(43)26(2)24-28)35(44)39-29-16-20-31(47-6)21-17-29/h13-22,24,32,34,42-43H,7-12,23,25H2,1-6H3,(H,39,44)(H,40,46). The van der Waals surface area contributed by atoms with E-state index in [-0.39, 0.29) is 24.5 Å². The molecule has 0 aliphatic rings. The smallest absolute Gasteiger partial charge is 0.408 e. The lowest BCUT2D eigenvalue weighted by molar-refractivity contribution is -0.140. The summed E-state index contributed by atoms with van der Waals surface area (Å²) in [5.74, 6) is -0.153. The maximum atomic E-state index is 14.7. The highest BCUT2D eigenvalue weighted by atomic mass is 16.6. The summed E-state index contributed by atoms with van der Waals surface area (Å²) in [6.45, 7) is 9.34. The summed E-state index contributed by atoms with van der Waals surface area (Å²) in [7, 11) is 1.56. The van der Waals surface area contributed by atoms with Crippen LogP contribution in [0.5, 0.6) is 17.2 Å². The Hall–Kier alpha value is -4.73. The van der Waals surface area contributed by atoms with Gasteiger partial charge in [-0.2, -0.15) is 0 Å². The summed E-state index contributed by atoms with van der Waals surface area (Å²) in [6, 6.07) is 15.9. The van der Waals surface area contributed by atoms with Crippen LogP contribution in [0.15, 0.2) is 66.7 Å². The molecule has 4 N–H and O–H groups in total. The van der Waals surface area contributed by atoms with Crippen LogP contribution in [0.3, 0.4) is 0 Å². The summed E-state index contributed by atoms with van der Waals surface area (Å²) in [5, 5.41) is 25.9. The van der Waals surface area contributed by atoms with Gasteiger partial charge in [-0.15, -0.1) is 0 Å². The van der Waals surface area contributed by atoms with Gasteiger partial charge in [0, 0.05) is 18.7 Å². The second kappa shape index (κ2) is 18.0. The normalized spacial score (nSPS) is 12.5. The van der Waals surface area contributed by atoms with E-state index in [0.717, 1.165) is 32.1 Å². The summed E-state index contributed by atoms with van der Waals surface area (Å²) in [4.78, 5) is 43.6. The largest absolute Gasteiger partial charge is 0.508 e. The molecule has 0 spiro atoms. The first-order valence-corrected chi connectivity index (χ1v) is 16.6. The Bertz CT molecular complexity index is 1480. The van der Waals surface area contributed by atoms with Gasteiger partial charge in [0.2, 0.25) is 5.91 Å². The fourth-order valence-electron chi connectivity index (χ4n) is 5.35. The Morgan fingerprint density at radius 1 is 0.875 bits per heavy atom. The van der Waals surface area contributed by atoms with Crippen molar-refractivity contribution in [3.8, 4) is 17.2 Å². The number of nitrogens with zero attached hydrogens (tertiary/aromatic N) is 1. The van der Waals surface area contributed by atoms with Crippen LogP contribution in [0.2, 0.25) is 0 Å². The lowest BCUT2D eigenvalue weighted by Crippen LogP contribution is -2.53. The van der Waals surface area contributed by atoms with E-state index in [4.69, 9.17) is 9.47 Å². The number of unbranched alkanes of at least 4 members (excludes halogenated alkanes) is 5. The van der Waals surface area contributed by atoms with E-state index < -0.39 is 35.6 Å². The molecule has 2 atom stereocenters. The first-order valence-electron chi connectivity index (χ1n) is 16.6. The molecule has 3 amide bonds. The zero-order valence-electron chi connectivity index (χ0n) is 29.0. The van der Waals surface area contributed by atoms with Crippen LogP contribution in [0.25, 0.3) is 0 Å². The number of methoxy groups -OCH3 is 1. The van der Waals surface area contributed by atoms with E-state index >= 15 is 0 Å². The molecule has 260 valence electrons. The molecule has 0 saturated carbocycles. The summed E-state index contributed by atoms with van der Waals surface area (Å²) in [5.41, 5.74) is 1.46. The lowest BCUT2D eigenvalue weighted by atomic mass is 9.98. The number of benzene rings is 3. The van der Waals surface area contributed by atoms with Gasteiger partial charge >= 0.3 is 6.09 Å². The van der Waals surface area contributed by atoms with Crippen LogP contribution in [-0.4, -0.2) is 58.3 Å². The van der Waals surface area contributed by atoms with Crippen LogP contribution in [0.4, 0.5) is 10.5 Å². The van der Waals surface area contributed by atoms with Crippen LogP contribution in [0.1, 0.15) is 89.0 Å². The number of carbonyl (C=O) groups is 3. The number of rotatable bonds is 16. The summed E-state index contributed by atoms with van der Waals surface area (Å²) < 4.78 is 10.8. The lowest BCUT2D eigenvalue weighted by Gasteiger charge is -2.35. The van der Waals surface area contributed by atoms with Gasteiger partial charge < -0.3 is 35.2 Å². The third-order valence-corrected chi connectivity index (χ3v) is 7.86. The Balaban J connectivity index is 2.07. The summed E-state index contributed by atoms with van der Waals surface area (Å²) >= 11 is 0. The molecule has 48 heavy (non-hydrogen) atoms. The molecule has 2 unspecified atom stereocenters. The molecular formula is C38H51N3O7. The number of amides is 3. The number of aromatic hydroxyl groups is 2. The number of alkyl carbamates (subject to hydrolysis) is 1. The minimum absolute atomic E-state index is 0.0682. The number of phenols is 2. The molecule has 10 nitrogen and oxygen atoms in total. The first kappa shape index (κ1) is 37.7. The molecule has 0 saturated heterocycles. The monoisotopic (exact) mass is 661 g/mol. The maximum absolute atomic E-state index is 14.7. The Labute approximate surface area is 284 Å². The summed E-state index contributed by atoms with van der Waals surface area (Å²) in [6.07, 6.45) is 5.11. The topological polar surface area (TPSA) is 137 Å². The van der Waals surface area contributed by atoms with E-state index in [9.17, 15) is 24.6 Å². The number of ether oxygens (including phenoxy) is 2. The highest BCUT2D eigenvalue weighted by Crippen LogP contribution is 2.29. The number of aryl methyl sites for hydroxylation is 1. The van der Waals surface area contributed by atoms with Gasteiger partial charge in [0.15, 0.2) is 0 Å².